The van der Waals surface area contributed by atoms with E-state index >= 15 is 0 Å². The Kier molecular flexibility index (Phi) is 14.5. The number of alkyl halides is 3. The van der Waals surface area contributed by atoms with E-state index in [0.717, 1.165) is 21.9 Å². The van der Waals surface area contributed by atoms with E-state index in [4.69, 9.17) is 31.8 Å². The molecule has 4 aromatic rings. The number of benzene rings is 3. The molecule has 15 nitrogen and oxygen atoms in total. The number of H-pyrrole nitrogens is 1. The zero-order chi connectivity index (χ0) is 39.3. The maximum Gasteiger partial charge on any atom is 0.490 e. The van der Waals surface area contributed by atoms with Gasteiger partial charge >= 0.3 is 12.1 Å². The van der Waals surface area contributed by atoms with Crippen molar-refractivity contribution in [2.75, 3.05) is 19.6 Å². The molecule has 3 aromatic carbocycles. The van der Waals surface area contributed by atoms with Gasteiger partial charge in [0.1, 0.15) is 12.1 Å². The third kappa shape index (κ3) is 12.3. The molecule has 18 heteroatoms. The molecular formula is C36H42F3N9O6. The van der Waals surface area contributed by atoms with Crippen molar-refractivity contribution in [2.24, 2.45) is 22.2 Å². The summed E-state index contributed by atoms with van der Waals surface area (Å²) in [5, 5.41) is 15.0. The van der Waals surface area contributed by atoms with Crippen LogP contribution < -0.4 is 27.8 Å². The fraction of sp³-hybridized carbons (Fsp3) is 0.333. The van der Waals surface area contributed by atoms with Crippen molar-refractivity contribution in [3.63, 3.8) is 0 Å². The number of guanidine groups is 1. The van der Waals surface area contributed by atoms with E-state index in [1.54, 1.807) is 6.20 Å². The molecule has 1 aliphatic heterocycles. The summed E-state index contributed by atoms with van der Waals surface area (Å²) in [6.07, 6.45) is -1.70. The van der Waals surface area contributed by atoms with Gasteiger partial charge in [0.2, 0.25) is 17.7 Å². The Balaban J connectivity index is 0.000000845. The molecule has 0 unspecified atom stereocenters. The van der Waals surface area contributed by atoms with E-state index in [0.29, 0.717) is 12.3 Å². The van der Waals surface area contributed by atoms with Crippen LogP contribution in [0.5, 0.6) is 0 Å². The molecular weight excluding hydrogens is 711 g/mol. The Hall–Kier alpha value is -6.01. The predicted octanol–water partition coefficient (Wildman–Crippen LogP) is 1.37. The number of hydrogen-bond acceptors (Lipinski definition) is 8. The molecule has 54 heavy (non-hydrogen) atoms. The molecule has 1 saturated heterocycles. The van der Waals surface area contributed by atoms with Gasteiger partial charge in [-0.05, 0) is 28.0 Å². The fourth-order valence-electron chi connectivity index (χ4n) is 5.69. The normalized spacial score (nSPS) is 16.4. The van der Waals surface area contributed by atoms with E-state index < -0.39 is 48.2 Å². The molecule has 1 aliphatic rings. The van der Waals surface area contributed by atoms with Gasteiger partial charge in [-0.1, -0.05) is 66.7 Å². The number of aliphatic imine (C=N–C) groups is 1. The smallest absolute Gasteiger partial charge is 0.475 e. The molecule has 288 valence electrons. The van der Waals surface area contributed by atoms with E-state index in [2.05, 4.69) is 31.7 Å². The molecule has 0 spiro atoms. The number of halogens is 3. The summed E-state index contributed by atoms with van der Waals surface area (Å²) >= 11 is 0. The first-order valence-corrected chi connectivity index (χ1v) is 16.8. The monoisotopic (exact) mass is 753 g/mol. The van der Waals surface area contributed by atoms with E-state index in [9.17, 15) is 27.6 Å². The minimum absolute atomic E-state index is 0.0793. The first-order chi connectivity index (χ1) is 25.7. The highest BCUT2D eigenvalue weighted by Crippen LogP contribution is 2.25. The summed E-state index contributed by atoms with van der Waals surface area (Å²) < 4.78 is 38.0. The fourth-order valence-corrected chi connectivity index (χ4v) is 5.69. The minimum Gasteiger partial charge on any atom is -0.475 e. The van der Waals surface area contributed by atoms with Gasteiger partial charge in [-0.2, -0.15) is 13.2 Å². The standard InChI is InChI=1S/C34H41N9O4.C2HF3O2/c35-28(16-26-18-38-21-41-26)31(44)42-29(15-22-6-2-1-3-7-22)33(46)43-19-27(17-30(43)32(45)39-12-13-40-34(36)37)47-20-23-10-11-24-8-4-5-9-25(24)14-23;3-2(4,5)1(6)7/h1-11,14,18,21,27-30H,12-13,15-17,19-20,35H2,(H,38,41)(H,39,45)(H,42,44)(H4,36,37,40);(H,6,7)/t27-,28-,29-,30-;/m1./s1. The molecule has 0 saturated carbocycles. The lowest BCUT2D eigenvalue weighted by molar-refractivity contribution is -0.192. The summed E-state index contributed by atoms with van der Waals surface area (Å²) in [5.41, 5.74) is 19.6. The number of carboxylic acids is 1. The number of nitrogens with zero attached hydrogens (tertiary/aromatic N) is 3. The molecule has 10 N–H and O–H groups in total. The molecule has 1 aromatic heterocycles. The average molecular weight is 754 g/mol. The molecule has 5 rings (SSSR count). The van der Waals surface area contributed by atoms with Crippen molar-refractivity contribution in [3.8, 4) is 0 Å². The van der Waals surface area contributed by atoms with Gasteiger partial charge in [0.15, 0.2) is 5.96 Å². The second kappa shape index (κ2) is 19.2. The van der Waals surface area contributed by atoms with Crippen LogP contribution in [0.4, 0.5) is 13.2 Å². The summed E-state index contributed by atoms with van der Waals surface area (Å²) in [6, 6.07) is 20.8. The molecule has 0 bridgehead atoms. The number of rotatable bonds is 14. The highest BCUT2D eigenvalue weighted by molar-refractivity contribution is 5.94. The van der Waals surface area contributed by atoms with Crippen LogP contribution in [0.1, 0.15) is 23.2 Å². The lowest BCUT2D eigenvalue weighted by atomic mass is 10.0. The molecule has 2 heterocycles. The summed E-state index contributed by atoms with van der Waals surface area (Å²) in [4.78, 5) is 62.3. The van der Waals surface area contributed by atoms with Crippen LogP contribution in [0.25, 0.3) is 10.8 Å². The van der Waals surface area contributed by atoms with Gasteiger partial charge < -0.3 is 47.6 Å². The van der Waals surface area contributed by atoms with Crippen molar-refractivity contribution in [1.82, 2.24) is 25.5 Å². The van der Waals surface area contributed by atoms with Crippen LogP contribution in [0.3, 0.4) is 0 Å². The number of carbonyl (C=O) groups excluding carboxylic acids is 3. The average Bonchev–Trinajstić information content (AvgIpc) is 3.82. The number of carboxylic acid groups (broad SMARTS) is 1. The number of amides is 3. The van der Waals surface area contributed by atoms with Gasteiger partial charge in [-0.15, -0.1) is 0 Å². The van der Waals surface area contributed by atoms with Crippen LogP contribution in [0, 0.1) is 0 Å². The predicted molar refractivity (Wildman–Crippen MR) is 192 cm³/mol. The lowest BCUT2D eigenvalue weighted by Gasteiger charge is -2.29. The summed E-state index contributed by atoms with van der Waals surface area (Å²) in [7, 11) is 0. The van der Waals surface area contributed by atoms with Crippen LogP contribution in [-0.2, 0) is 43.4 Å². The first-order valence-electron chi connectivity index (χ1n) is 16.8. The number of imidazole rings is 1. The largest absolute Gasteiger partial charge is 0.490 e. The Morgan fingerprint density at radius 3 is 2.33 bits per heavy atom. The molecule has 1 fully saturated rings. The van der Waals surface area contributed by atoms with Gasteiger partial charge in [0.05, 0.1) is 31.6 Å². The number of hydrogen-bond donors (Lipinski definition) is 7. The first kappa shape index (κ1) is 40.8. The highest BCUT2D eigenvalue weighted by Gasteiger charge is 2.43. The molecule has 0 radical (unpaired) electrons. The number of likely N-dealkylation sites (tertiary alicyclic amines) is 1. The highest BCUT2D eigenvalue weighted by atomic mass is 19.4. The molecule has 0 aliphatic carbocycles. The summed E-state index contributed by atoms with van der Waals surface area (Å²) in [5.74, 6) is -4.09. The third-order valence-electron chi connectivity index (χ3n) is 8.32. The zero-order valence-corrected chi connectivity index (χ0v) is 29.0. The zero-order valence-electron chi connectivity index (χ0n) is 29.0. The van der Waals surface area contributed by atoms with E-state index in [-0.39, 0.29) is 50.8 Å². The molecule has 4 atom stereocenters. The third-order valence-corrected chi connectivity index (χ3v) is 8.32. The molecule has 3 amide bonds. The van der Waals surface area contributed by atoms with Crippen LogP contribution in [0.2, 0.25) is 0 Å². The van der Waals surface area contributed by atoms with Crippen molar-refractivity contribution >= 4 is 40.4 Å². The minimum atomic E-state index is -5.08. The Morgan fingerprint density at radius 1 is 1.00 bits per heavy atom. The Labute approximate surface area is 308 Å². The lowest BCUT2D eigenvalue weighted by Crippen LogP contribution is -2.56. The van der Waals surface area contributed by atoms with E-state index in [1.807, 2.05) is 66.7 Å². The number of ether oxygens (including phenoxy) is 1. The number of nitrogens with two attached hydrogens (primary N) is 3. The van der Waals surface area contributed by atoms with Crippen molar-refractivity contribution in [2.45, 2.75) is 56.3 Å². The van der Waals surface area contributed by atoms with Gasteiger partial charge in [-0.25, -0.2) is 9.78 Å². The number of carbonyl (C=O) groups is 4. The number of aromatic nitrogens is 2. The Morgan fingerprint density at radius 2 is 1.69 bits per heavy atom. The Bertz CT molecular complexity index is 1890. The number of nitrogens with one attached hydrogen (secondary N) is 3. The van der Waals surface area contributed by atoms with Gasteiger partial charge in [-0.3, -0.25) is 19.4 Å². The number of aromatic amines is 1. The van der Waals surface area contributed by atoms with Gasteiger partial charge in [0.25, 0.3) is 0 Å². The maximum atomic E-state index is 14.3. The number of fused-ring (bicyclic) bond motifs is 1. The second-order valence-corrected chi connectivity index (χ2v) is 12.4. The van der Waals surface area contributed by atoms with E-state index in [1.165, 1.54) is 11.2 Å². The van der Waals surface area contributed by atoms with Crippen molar-refractivity contribution in [3.05, 3.63) is 102 Å². The van der Waals surface area contributed by atoms with Crippen molar-refractivity contribution in [1.29, 1.82) is 0 Å². The van der Waals surface area contributed by atoms with Crippen LogP contribution >= 0.6 is 0 Å². The topological polar surface area (TPSA) is 244 Å². The number of aliphatic carboxylic acids is 1. The SMILES string of the molecule is NC(N)=NCCNC(=O)[C@H]1C[C@@H](OCc2ccc3ccccc3c2)CN1C(=O)[C@@H](Cc1ccccc1)NC(=O)[C@H](N)Cc1cnc[nH]1.O=C(O)C(F)(F)F. The van der Waals surface area contributed by atoms with Crippen LogP contribution in [0.15, 0.2) is 90.3 Å². The maximum absolute atomic E-state index is 14.3. The van der Waals surface area contributed by atoms with Crippen LogP contribution in [-0.4, -0.2) is 99.7 Å². The summed E-state index contributed by atoms with van der Waals surface area (Å²) in [6.45, 7) is 0.852. The van der Waals surface area contributed by atoms with Crippen molar-refractivity contribution < 1.29 is 42.2 Å². The van der Waals surface area contributed by atoms with Gasteiger partial charge in [0, 0.05) is 44.2 Å². The quantitative estimate of drug-likeness (QED) is 0.0554. The second-order valence-electron chi connectivity index (χ2n) is 12.4.